The molecule has 1 aliphatic heterocycles. The van der Waals surface area contributed by atoms with Gasteiger partial charge in [0, 0.05) is 32.0 Å². The van der Waals surface area contributed by atoms with Gasteiger partial charge < -0.3 is 0 Å². The van der Waals surface area contributed by atoms with Gasteiger partial charge in [0.05, 0.1) is 5.69 Å². The Morgan fingerprint density at radius 2 is 1.72 bits per heavy atom. The summed E-state index contributed by atoms with van der Waals surface area (Å²) in [7, 11) is 0. The minimum absolute atomic E-state index is 0.169. The highest BCUT2D eigenvalue weighted by molar-refractivity contribution is 5.22. The third-order valence-electron chi connectivity index (χ3n) is 3.80. The smallest absolute Gasteiger partial charge is 0.293 e. The Morgan fingerprint density at radius 1 is 0.960 bits per heavy atom. The Bertz CT molecular complexity index is 754. The molecule has 0 amide bonds. The zero-order chi connectivity index (χ0) is 18.2. The maximum atomic E-state index is 12.7. The van der Waals surface area contributed by atoms with Crippen molar-refractivity contribution >= 4 is 0 Å². The van der Waals surface area contributed by atoms with Crippen LogP contribution < -0.4 is 0 Å². The van der Waals surface area contributed by atoms with Gasteiger partial charge in [-0.3, -0.25) is 9.88 Å². The van der Waals surface area contributed by atoms with Gasteiger partial charge in [0.1, 0.15) is 5.69 Å². The molecular formula is C15H12F6N4. The number of rotatable bonds is 2. The number of aromatic nitrogens is 3. The molecule has 0 unspecified atom stereocenters. The van der Waals surface area contributed by atoms with Crippen molar-refractivity contribution in [2.45, 2.75) is 31.9 Å². The van der Waals surface area contributed by atoms with Crippen molar-refractivity contribution in [1.29, 1.82) is 0 Å². The van der Waals surface area contributed by atoms with Crippen molar-refractivity contribution in [3.05, 3.63) is 52.9 Å². The summed E-state index contributed by atoms with van der Waals surface area (Å²) in [5, 5.41) is 0. The van der Waals surface area contributed by atoms with E-state index in [0.29, 0.717) is 24.1 Å². The molecule has 0 radical (unpaired) electrons. The molecule has 134 valence electrons. The summed E-state index contributed by atoms with van der Waals surface area (Å²) in [6, 6.07) is 2.20. The minimum Gasteiger partial charge on any atom is -0.293 e. The van der Waals surface area contributed by atoms with Crippen LogP contribution >= 0.6 is 0 Å². The molecule has 0 N–H and O–H groups in total. The van der Waals surface area contributed by atoms with Gasteiger partial charge >= 0.3 is 12.4 Å². The SMILES string of the molecule is FC(F)(F)c1ccc(CN2CCc3cnc(C(F)(F)F)nc3C2)cn1. The highest BCUT2D eigenvalue weighted by Crippen LogP contribution is 2.29. The first-order valence-electron chi connectivity index (χ1n) is 7.29. The van der Waals surface area contributed by atoms with E-state index in [0.717, 1.165) is 12.3 Å². The van der Waals surface area contributed by atoms with Crippen LogP contribution in [0.2, 0.25) is 0 Å². The van der Waals surface area contributed by atoms with Crippen molar-refractivity contribution in [3.8, 4) is 0 Å². The van der Waals surface area contributed by atoms with Crippen LogP contribution in [-0.4, -0.2) is 26.4 Å². The Morgan fingerprint density at radius 3 is 2.32 bits per heavy atom. The number of halogens is 6. The van der Waals surface area contributed by atoms with E-state index in [1.807, 2.05) is 0 Å². The molecule has 0 spiro atoms. The quantitative estimate of drug-likeness (QED) is 0.768. The molecule has 2 aromatic rings. The lowest BCUT2D eigenvalue weighted by atomic mass is 10.1. The highest BCUT2D eigenvalue weighted by Gasteiger charge is 2.36. The molecule has 1 aliphatic rings. The van der Waals surface area contributed by atoms with Crippen LogP contribution in [0, 0.1) is 0 Å². The first kappa shape index (κ1) is 17.6. The molecule has 0 atom stereocenters. The predicted molar refractivity (Wildman–Crippen MR) is 74.1 cm³/mol. The fourth-order valence-corrected chi connectivity index (χ4v) is 2.57. The Hall–Kier alpha value is -2.23. The average molecular weight is 362 g/mol. The van der Waals surface area contributed by atoms with Crippen LogP contribution in [0.25, 0.3) is 0 Å². The van der Waals surface area contributed by atoms with E-state index >= 15 is 0 Å². The van der Waals surface area contributed by atoms with E-state index in [-0.39, 0.29) is 18.8 Å². The molecule has 0 bridgehead atoms. The maximum absolute atomic E-state index is 12.7. The van der Waals surface area contributed by atoms with Crippen LogP contribution in [0.5, 0.6) is 0 Å². The zero-order valence-corrected chi connectivity index (χ0v) is 12.7. The van der Waals surface area contributed by atoms with Crippen LogP contribution in [0.15, 0.2) is 24.5 Å². The zero-order valence-electron chi connectivity index (χ0n) is 12.7. The van der Waals surface area contributed by atoms with Crippen molar-refractivity contribution in [2.24, 2.45) is 0 Å². The van der Waals surface area contributed by atoms with E-state index in [2.05, 4.69) is 15.0 Å². The van der Waals surface area contributed by atoms with Gasteiger partial charge in [-0.15, -0.1) is 0 Å². The Balaban J connectivity index is 1.72. The highest BCUT2D eigenvalue weighted by atomic mass is 19.4. The number of alkyl halides is 6. The van der Waals surface area contributed by atoms with E-state index in [1.54, 1.807) is 4.90 Å². The molecule has 0 aromatic carbocycles. The summed E-state index contributed by atoms with van der Waals surface area (Å²) in [6.45, 7) is 0.987. The lowest BCUT2D eigenvalue weighted by Gasteiger charge is -2.28. The molecule has 0 saturated carbocycles. The molecule has 0 fully saturated rings. The number of pyridine rings is 1. The second kappa shape index (κ2) is 6.25. The van der Waals surface area contributed by atoms with Crippen LogP contribution in [0.4, 0.5) is 26.3 Å². The fourth-order valence-electron chi connectivity index (χ4n) is 2.57. The summed E-state index contributed by atoms with van der Waals surface area (Å²) in [5.41, 5.74) is 0.493. The van der Waals surface area contributed by atoms with E-state index < -0.39 is 23.9 Å². The van der Waals surface area contributed by atoms with Gasteiger partial charge in [-0.05, 0) is 23.6 Å². The Kier molecular flexibility index (Phi) is 4.40. The van der Waals surface area contributed by atoms with Crippen LogP contribution in [0.1, 0.15) is 28.3 Å². The van der Waals surface area contributed by atoms with Crippen LogP contribution in [-0.2, 0) is 31.9 Å². The third-order valence-corrected chi connectivity index (χ3v) is 3.80. The first-order chi connectivity index (χ1) is 11.6. The lowest BCUT2D eigenvalue weighted by molar-refractivity contribution is -0.145. The average Bonchev–Trinajstić information content (AvgIpc) is 2.53. The topological polar surface area (TPSA) is 41.9 Å². The third kappa shape index (κ3) is 4.06. The first-order valence-corrected chi connectivity index (χ1v) is 7.29. The second-order valence-electron chi connectivity index (χ2n) is 5.67. The number of hydrogen-bond acceptors (Lipinski definition) is 4. The standard InChI is InChI=1S/C15H12F6N4/c16-14(17,18)12-2-1-9(5-22-12)7-25-4-3-10-6-23-13(15(19,20)21)24-11(10)8-25/h1-2,5-6H,3-4,7-8H2. The van der Waals surface area contributed by atoms with E-state index in [1.165, 1.54) is 12.3 Å². The van der Waals surface area contributed by atoms with E-state index in [4.69, 9.17) is 0 Å². The lowest BCUT2D eigenvalue weighted by Crippen LogP contribution is -2.32. The number of nitrogens with zero attached hydrogens (tertiary/aromatic N) is 4. The predicted octanol–water partition coefficient (Wildman–Crippen LogP) is 3.47. The van der Waals surface area contributed by atoms with Crippen molar-refractivity contribution < 1.29 is 26.3 Å². The van der Waals surface area contributed by atoms with Gasteiger partial charge in [0.2, 0.25) is 5.82 Å². The summed E-state index contributed by atoms with van der Waals surface area (Å²) >= 11 is 0. The summed E-state index contributed by atoms with van der Waals surface area (Å²) in [6.07, 6.45) is -6.34. The molecule has 0 aliphatic carbocycles. The molecule has 4 nitrogen and oxygen atoms in total. The monoisotopic (exact) mass is 362 g/mol. The molecule has 3 rings (SSSR count). The normalized spacial score (nSPS) is 15.9. The number of hydrogen-bond donors (Lipinski definition) is 0. The molecule has 0 saturated heterocycles. The van der Waals surface area contributed by atoms with Gasteiger partial charge in [-0.1, -0.05) is 6.07 Å². The maximum Gasteiger partial charge on any atom is 0.451 e. The van der Waals surface area contributed by atoms with Gasteiger partial charge in [0.25, 0.3) is 0 Å². The molecule has 10 heteroatoms. The summed E-state index contributed by atoms with van der Waals surface area (Å²) in [4.78, 5) is 12.1. The number of fused-ring (bicyclic) bond motifs is 1. The molecule has 2 aromatic heterocycles. The van der Waals surface area contributed by atoms with Gasteiger partial charge in [-0.25, -0.2) is 9.97 Å². The van der Waals surface area contributed by atoms with Crippen molar-refractivity contribution in [3.63, 3.8) is 0 Å². The van der Waals surface area contributed by atoms with Gasteiger partial charge in [0.15, 0.2) is 0 Å². The largest absolute Gasteiger partial charge is 0.451 e. The molecular weight excluding hydrogens is 350 g/mol. The minimum atomic E-state index is -4.62. The van der Waals surface area contributed by atoms with E-state index in [9.17, 15) is 26.3 Å². The van der Waals surface area contributed by atoms with Gasteiger partial charge in [-0.2, -0.15) is 26.3 Å². The second-order valence-corrected chi connectivity index (χ2v) is 5.67. The van der Waals surface area contributed by atoms with Crippen molar-refractivity contribution in [2.75, 3.05) is 6.54 Å². The van der Waals surface area contributed by atoms with Crippen molar-refractivity contribution in [1.82, 2.24) is 19.9 Å². The Labute approximate surface area is 138 Å². The summed E-state index contributed by atoms with van der Waals surface area (Å²) in [5.74, 6) is -1.19. The molecule has 3 heterocycles. The van der Waals surface area contributed by atoms with Crippen LogP contribution in [0.3, 0.4) is 0 Å². The molecule has 25 heavy (non-hydrogen) atoms. The summed E-state index contributed by atoms with van der Waals surface area (Å²) < 4.78 is 75.6. The fraction of sp³-hybridized carbons (Fsp3) is 0.400.